The molecule has 0 heterocycles. The van der Waals surface area contributed by atoms with E-state index < -0.39 is 28.5 Å². The van der Waals surface area contributed by atoms with E-state index in [4.69, 9.17) is 4.74 Å². The number of unbranched alkanes of at least 4 members (excludes halogenated alkanes) is 1. The molecular formula is C25H34BrN3O5S. The van der Waals surface area contributed by atoms with Crippen LogP contribution in [0.15, 0.2) is 53.0 Å². The lowest BCUT2D eigenvalue weighted by Crippen LogP contribution is -2.52. The number of amides is 2. The lowest BCUT2D eigenvalue weighted by Gasteiger charge is -2.33. The second-order valence-electron chi connectivity index (χ2n) is 8.16. The Balaban J connectivity index is 2.43. The molecule has 0 aliphatic carbocycles. The van der Waals surface area contributed by atoms with Gasteiger partial charge in [0.25, 0.3) is 0 Å². The summed E-state index contributed by atoms with van der Waals surface area (Å²) in [6.45, 7) is 4.06. The minimum Gasteiger partial charge on any atom is -0.497 e. The molecule has 0 saturated carbocycles. The number of carbonyl (C=O) groups is 2. The number of para-hydroxylation sites is 1. The second-order valence-corrected chi connectivity index (χ2v) is 10.9. The number of benzene rings is 2. The zero-order chi connectivity index (χ0) is 26.0. The second kappa shape index (κ2) is 13.5. The van der Waals surface area contributed by atoms with E-state index in [1.54, 1.807) is 43.5 Å². The molecule has 0 aliphatic rings. The van der Waals surface area contributed by atoms with E-state index in [0.29, 0.717) is 28.9 Å². The first-order valence-corrected chi connectivity index (χ1v) is 14.2. The van der Waals surface area contributed by atoms with E-state index in [-0.39, 0.29) is 12.5 Å². The quantitative estimate of drug-likeness (QED) is 0.370. The first-order valence-electron chi connectivity index (χ1n) is 11.5. The van der Waals surface area contributed by atoms with Crippen molar-refractivity contribution in [3.8, 4) is 5.75 Å². The fourth-order valence-corrected chi connectivity index (χ4v) is 5.12. The molecule has 192 valence electrons. The summed E-state index contributed by atoms with van der Waals surface area (Å²) < 4.78 is 32.2. The highest BCUT2D eigenvalue weighted by atomic mass is 79.9. The Morgan fingerprint density at radius 1 is 1.11 bits per heavy atom. The van der Waals surface area contributed by atoms with Crippen LogP contribution in [-0.2, 0) is 26.2 Å². The molecule has 0 radical (unpaired) electrons. The van der Waals surface area contributed by atoms with Gasteiger partial charge < -0.3 is 15.0 Å². The van der Waals surface area contributed by atoms with Gasteiger partial charge in [-0.25, -0.2) is 8.42 Å². The maximum atomic E-state index is 13.7. The maximum absolute atomic E-state index is 13.7. The molecule has 2 aromatic rings. The first-order chi connectivity index (χ1) is 16.6. The van der Waals surface area contributed by atoms with Gasteiger partial charge in [0.1, 0.15) is 18.3 Å². The van der Waals surface area contributed by atoms with E-state index in [9.17, 15) is 18.0 Å². The van der Waals surface area contributed by atoms with Gasteiger partial charge in [0, 0.05) is 17.6 Å². The highest BCUT2D eigenvalue weighted by molar-refractivity contribution is 9.10. The highest BCUT2D eigenvalue weighted by Crippen LogP contribution is 2.28. The van der Waals surface area contributed by atoms with E-state index in [1.807, 2.05) is 26.0 Å². The molecule has 1 N–H and O–H groups in total. The fourth-order valence-electron chi connectivity index (χ4n) is 3.64. The molecule has 0 aromatic heterocycles. The van der Waals surface area contributed by atoms with Crippen molar-refractivity contribution in [2.75, 3.05) is 30.8 Å². The molecule has 2 aromatic carbocycles. The number of rotatable bonds is 13. The van der Waals surface area contributed by atoms with E-state index in [1.165, 1.54) is 4.90 Å². The van der Waals surface area contributed by atoms with Crippen LogP contribution in [0.4, 0.5) is 5.69 Å². The number of sulfonamides is 1. The zero-order valence-corrected chi connectivity index (χ0v) is 23.1. The Labute approximate surface area is 216 Å². The van der Waals surface area contributed by atoms with Crippen molar-refractivity contribution in [2.45, 2.75) is 45.7 Å². The lowest BCUT2D eigenvalue weighted by atomic mass is 10.1. The largest absolute Gasteiger partial charge is 0.497 e. The van der Waals surface area contributed by atoms with Crippen molar-refractivity contribution in [3.63, 3.8) is 0 Å². The van der Waals surface area contributed by atoms with Crippen LogP contribution in [0.5, 0.6) is 5.75 Å². The molecule has 1 unspecified atom stereocenters. The van der Waals surface area contributed by atoms with Gasteiger partial charge in [-0.1, -0.05) is 44.5 Å². The SMILES string of the molecule is CCCCNC(=O)C(CC)N(Cc1cccc(OC)c1)C(=O)CN(c1ccccc1Br)S(C)(=O)=O. The molecule has 10 heteroatoms. The number of hydrogen-bond acceptors (Lipinski definition) is 5. The summed E-state index contributed by atoms with van der Waals surface area (Å²) in [5, 5.41) is 2.91. The number of halogens is 1. The Hall–Kier alpha value is -2.59. The van der Waals surface area contributed by atoms with Gasteiger partial charge in [-0.3, -0.25) is 13.9 Å². The zero-order valence-electron chi connectivity index (χ0n) is 20.7. The summed E-state index contributed by atoms with van der Waals surface area (Å²) >= 11 is 3.38. The van der Waals surface area contributed by atoms with Crippen LogP contribution in [0.2, 0.25) is 0 Å². The summed E-state index contributed by atoms with van der Waals surface area (Å²) in [4.78, 5) is 28.2. The predicted octanol–water partition coefficient (Wildman–Crippen LogP) is 3.95. The lowest BCUT2D eigenvalue weighted by molar-refractivity contribution is -0.140. The summed E-state index contributed by atoms with van der Waals surface area (Å²) in [7, 11) is -2.23. The van der Waals surface area contributed by atoms with Gasteiger partial charge in [0.05, 0.1) is 19.1 Å². The number of nitrogens with zero attached hydrogens (tertiary/aromatic N) is 2. The third kappa shape index (κ3) is 8.24. The van der Waals surface area contributed by atoms with Gasteiger partial charge in [-0.2, -0.15) is 0 Å². The summed E-state index contributed by atoms with van der Waals surface area (Å²) in [5.41, 5.74) is 1.12. The number of hydrogen-bond donors (Lipinski definition) is 1. The maximum Gasteiger partial charge on any atom is 0.244 e. The highest BCUT2D eigenvalue weighted by Gasteiger charge is 2.32. The van der Waals surface area contributed by atoms with Crippen LogP contribution < -0.4 is 14.4 Å². The minimum absolute atomic E-state index is 0.128. The summed E-state index contributed by atoms with van der Waals surface area (Å²) in [6, 6.07) is 13.3. The molecular weight excluding hydrogens is 534 g/mol. The number of methoxy groups -OCH3 is 1. The predicted molar refractivity (Wildman–Crippen MR) is 142 cm³/mol. The van der Waals surface area contributed by atoms with Crippen molar-refractivity contribution < 1.29 is 22.7 Å². The molecule has 1 atom stereocenters. The van der Waals surface area contributed by atoms with Crippen LogP contribution in [0.3, 0.4) is 0 Å². The average molecular weight is 569 g/mol. The minimum atomic E-state index is -3.79. The van der Waals surface area contributed by atoms with Gasteiger partial charge >= 0.3 is 0 Å². The Morgan fingerprint density at radius 3 is 2.43 bits per heavy atom. The third-order valence-corrected chi connectivity index (χ3v) is 7.30. The molecule has 0 bridgehead atoms. The van der Waals surface area contributed by atoms with Crippen LogP contribution in [0.1, 0.15) is 38.7 Å². The van der Waals surface area contributed by atoms with Crippen molar-refractivity contribution in [2.24, 2.45) is 0 Å². The third-order valence-electron chi connectivity index (χ3n) is 5.50. The van der Waals surface area contributed by atoms with Crippen molar-refractivity contribution in [1.29, 1.82) is 0 Å². The van der Waals surface area contributed by atoms with Crippen molar-refractivity contribution >= 4 is 43.5 Å². The topological polar surface area (TPSA) is 96.0 Å². The van der Waals surface area contributed by atoms with E-state index >= 15 is 0 Å². The van der Waals surface area contributed by atoms with Crippen molar-refractivity contribution in [3.05, 3.63) is 58.6 Å². The normalized spacial score (nSPS) is 12.0. The smallest absolute Gasteiger partial charge is 0.244 e. The molecule has 2 rings (SSSR count). The van der Waals surface area contributed by atoms with Crippen LogP contribution in [0, 0.1) is 0 Å². The Morgan fingerprint density at radius 2 is 1.83 bits per heavy atom. The monoisotopic (exact) mass is 567 g/mol. The first kappa shape index (κ1) is 28.6. The van der Waals surface area contributed by atoms with Gasteiger partial charge in [-0.15, -0.1) is 0 Å². The van der Waals surface area contributed by atoms with E-state index in [2.05, 4.69) is 21.2 Å². The summed E-state index contributed by atoms with van der Waals surface area (Å²) in [6.07, 6.45) is 3.19. The molecule has 35 heavy (non-hydrogen) atoms. The van der Waals surface area contributed by atoms with Gasteiger partial charge in [0.2, 0.25) is 21.8 Å². The molecule has 0 spiro atoms. The molecule has 0 fully saturated rings. The number of anilines is 1. The average Bonchev–Trinajstić information content (AvgIpc) is 2.82. The van der Waals surface area contributed by atoms with Gasteiger partial charge in [0.15, 0.2) is 0 Å². The van der Waals surface area contributed by atoms with Crippen molar-refractivity contribution in [1.82, 2.24) is 10.2 Å². The number of ether oxygens (including phenoxy) is 1. The Bertz CT molecular complexity index is 1110. The van der Waals surface area contributed by atoms with Crippen LogP contribution >= 0.6 is 15.9 Å². The molecule has 2 amide bonds. The van der Waals surface area contributed by atoms with Gasteiger partial charge in [-0.05, 0) is 58.6 Å². The molecule has 8 nitrogen and oxygen atoms in total. The van der Waals surface area contributed by atoms with Crippen LogP contribution in [0.25, 0.3) is 0 Å². The Kier molecular flexibility index (Phi) is 11.0. The standard InChI is InChI=1S/C25H34BrN3O5S/c1-5-7-15-27-25(31)22(6-2)28(17-19-11-10-12-20(16-19)34-3)24(30)18-29(35(4,32)33)23-14-9-8-13-21(23)26/h8-14,16,22H,5-7,15,17-18H2,1-4H3,(H,27,31). The van der Waals surface area contributed by atoms with E-state index in [0.717, 1.165) is 29.0 Å². The summed E-state index contributed by atoms with van der Waals surface area (Å²) in [5.74, 6) is -0.114. The molecule has 0 saturated heterocycles. The number of nitrogens with one attached hydrogen (secondary N) is 1. The molecule has 0 aliphatic heterocycles. The van der Waals surface area contributed by atoms with Crippen LogP contribution in [-0.4, -0.2) is 57.6 Å². The fraction of sp³-hybridized carbons (Fsp3) is 0.440. The number of carbonyl (C=O) groups excluding carboxylic acids is 2.